The highest BCUT2D eigenvalue weighted by Gasteiger charge is 2.25. The maximum Gasteiger partial charge on any atom is 0.247 e. The minimum Gasteiger partial charge on any atom is -0.358 e. The second-order valence-corrected chi connectivity index (χ2v) is 5.99. The van der Waals surface area contributed by atoms with Crippen molar-refractivity contribution in [2.45, 2.75) is 20.8 Å². The highest BCUT2D eigenvalue weighted by Crippen LogP contribution is 2.29. The number of rotatable bonds is 3. The van der Waals surface area contributed by atoms with Gasteiger partial charge in [-0.25, -0.2) is 19.9 Å². The van der Waals surface area contributed by atoms with E-state index in [4.69, 9.17) is 0 Å². The van der Waals surface area contributed by atoms with E-state index in [9.17, 15) is 4.79 Å². The molecule has 0 spiro atoms. The Morgan fingerprint density at radius 3 is 2.68 bits per heavy atom. The average Bonchev–Trinajstić information content (AvgIpc) is 3.23. The monoisotopic (exact) mass is 378 g/mol. The highest BCUT2D eigenvalue weighted by atomic mass is 16.2. The summed E-state index contributed by atoms with van der Waals surface area (Å²) in [6.07, 6.45) is 4.88. The number of fused-ring (bicyclic) bond motifs is 1. The highest BCUT2D eigenvalue weighted by molar-refractivity contribution is 6.00. The van der Waals surface area contributed by atoms with E-state index in [0.29, 0.717) is 35.4 Å². The Labute approximate surface area is 163 Å². The van der Waals surface area contributed by atoms with Crippen molar-refractivity contribution in [2.24, 2.45) is 0 Å². The number of hydrogen-bond acceptors (Lipinski definition) is 7. The number of H-pyrrole nitrogens is 1. The molecule has 0 atom stereocenters. The number of carbonyl (C=O) groups is 1. The molecule has 0 saturated carbocycles. The summed E-state index contributed by atoms with van der Waals surface area (Å²) in [5.74, 6) is 1.76. The first kappa shape index (κ1) is 19.2. The van der Waals surface area contributed by atoms with Crippen LogP contribution in [0.3, 0.4) is 0 Å². The number of carbonyl (C=O) groups excluding carboxylic acids is 1. The predicted octanol–water partition coefficient (Wildman–Crippen LogP) is 2.60. The zero-order chi connectivity index (χ0) is 20.1. The van der Waals surface area contributed by atoms with Crippen LogP contribution in [0.25, 0.3) is 22.8 Å². The number of hydrogen-bond donors (Lipinski definition) is 2. The Kier molecular flexibility index (Phi) is 5.73. The number of allylic oxidation sites excluding steroid dienone is 1. The van der Waals surface area contributed by atoms with Crippen LogP contribution in [0, 0.1) is 6.92 Å². The van der Waals surface area contributed by atoms with Crippen LogP contribution in [-0.2, 0) is 4.79 Å². The van der Waals surface area contributed by atoms with E-state index < -0.39 is 0 Å². The van der Waals surface area contributed by atoms with Gasteiger partial charge in [-0.2, -0.15) is 5.10 Å². The standard InChI is InChI=1S/C16H16N8O.C3H6/c1-3-24-13(25)7-18-15-16(24)22-12(6-17-15)10-4-5-11(21-9(10)2)14-19-8-20-23-14;1-3-2/h4-6,8H,3,7H2,1-2H3,(H,17,18)(H,19,20,23);3H,1H2,2H3. The molecular weight excluding hydrogens is 356 g/mol. The van der Waals surface area contributed by atoms with Crippen molar-refractivity contribution in [1.82, 2.24) is 30.1 Å². The predicted molar refractivity (Wildman–Crippen MR) is 108 cm³/mol. The zero-order valence-corrected chi connectivity index (χ0v) is 16.1. The van der Waals surface area contributed by atoms with Gasteiger partial charge in [-0.3, -0.25) is 14.8 Å². The van der Waals surface area contributed by atoms with Crippen molar-refractivity contribution in [3.05, 3.63) is 43.0 Å². The van der Waals surface area contributed by atoms with Gasteiger partial charge < -0.3 is 5.32 Å². The molecule has 0 aliphatic carbocycles. The number of amides is 1. The molecule has 9 nitrogen and oxygen atoms in total. The molecule has 0 unspecified atom stereocenters. The summed E-state index contributed by atoms with van der Waals surface area (Å²) in [7, 11) is 0. The lowest BCUT2D eigenvalue weighted by atomic mass is 10.1. The molecule has 2 N–H and O–H groups in total. The lowest BCUT2D eigenvalue weighted by Crippen LogP contribution is -2.40. The number of pyridine rings is 1. The molecule has 4 heterocycles. The summed E-state index contributed by atoms with van der Waals surface area (Å²) >= 11 is 0. The molecule has 1 aliphatic heterocycles. The molecule has 0 bridgehead atoms. The van der Waals surface area contributed by atoms with E-state index in [-0.39, 0.29) is 12.5 Å². The molecular formula is C19H22N8O. The van der Waals surface area contributed by atoms with E-state index in [1.807, 2.05) is 32.9 Å². The second kappa shape index (κ2) is 8.38. The molecule has 0 saturated heterocycles. The maximum absolute atomic E-state index is 12.0. The number of aromatic amines is 1. The van der Waals surface area contributed by atoms with Crippen LogP contribution >= 0.6 is 0 Å². The van der Waals surface area contributed by atoms with E-state index in [2.05, 4.69) is 42.0 Å². The molecule has 9 heteroatoms. The third-order valence-corrected chi connectivity index (χ3v) is 4.05. The van der Waals surface area contributed by atoms with Crippen LogP contribution in [0.4, 0.5) is 11.6 Å². The van der Waals surface area contributed by atoms with E-state index in [0.717, 1.165) is 11.3 Å². The smallest absolute Gasteiger partial charge is 0.247 e. The molecule has 1 amide bonds. The van der Waals surface area contributed by atoms with Crippen LogP contribution < -0.4 is 10.2 Å². The number of aryl methyl sites for hydroxylation is 1. The number of anilines is 2. The summed E-state index contributed by atoms with van der Waals surface area (Å²) in [5, 5.41) is 9.63. The minimum atomic E-state index is -0.0167. The Balaban J connectivity index is 0.000000706. The van der Waals surface area contributed by atoms with Gasteiger partial charge in [-0.1, -0.05) is 6.08 Å². The van der Waals surface area contributed by atoms with Gasteiger partial charge in [0.15, 0.2) is 17.5 Å². The number of nitrogens with zero attached hydrogens (tertiary/aromatic N) is 6. The van der Waals surface area contributed by atoms with Gasteiger partial charge in [0.1, 0.15) is 12.0 Å². The van der Waals surface area contributed by atoms with Gasteiger partial charge >= 0.3 is 0 Å². The summed E-state index contributed by atoms with van der Waals surface area (Å²) in [5.41, 5.74) is 3.02. The molecule has 1 aliphatic rings. The lowest BCUT2D eigenvalue weighted by molar-refractivity contribution is -0.117. The Hall–Kier alpha value is -3.62. The summed E-state index contributed by atoms with van der Waals surface area (Å²) in [6.45, 7) is 9.85. The Bertz CT molecular complexity index is 984. The fraction of sp³-hybridized carbons (Fsp3) is 0.263. The first-order valence-corrected chi connectivity index (χ1v) is 8.91. The van der Waals surface area contributed by atoms with Crippen molar-refractivity contribution in [2.75, 3.05) is 23.3 Å². The maximum atomic E-state index is 12.0. The molecule has 0 aromatic carbocycles. The third kappa shape index (κ3) is 3.73. The molecule has 3 aromatic heterocycles. The zero-order valence-electron chi connectivity index (χ0n) is 16.1. The summed E-state index contributed by atoms with van der Waals surface area (Å²) in [4.78, 5) is 31.4. The number of aromatic nitrogens is 6. The van der Waals surface area contributed by atoms with Crippen LogP contribution in [0.1, 0.15) is 19.5 Å². The van der Waals surface area contributed by atoms with Gasteiger partial charge in [-0.05, 0) is 32.9 Å². The number of nitrogens with one attached hydrogen (secondary N) is 2. The Morgan fingerprint density at radius 2 is 2.04 bits per heavy atom. The van der Waals surface area contributed by atoms with Gasteiger partial charge in [0.05, 0.1) is 18.4 Å². The van der Waals surface area contributed by atoms with Gasteiger partial charge in [0.25, 0.3) is 0 Å². The topological polar surface area (TPSA) is 113 Å². The first-order valence-electron chi connectivity index (χ1n) is 8.91. The SMILES string of the molecule is C=CC.CCN1C(=O)CNc2ncc(-c3ccc(-c4ncn[nH]4)nc3C)nc21. The van der Waals surface area contributed by atoms with Gasteiger partial charge in [-0.15, -0.1) is 6.58 Å². The van der Waals surface area contributed by atoms with Crippen LogP contribution in [-0.4, -0.2) is 49.1 Å². The summed E-state index contributed by atoms with van der Waals surface area (Å²) < 4.78 is 0. The quantitative estimate of drug-likeness (QED) is 0.674. The lowest BCUT2D eigenvalue weighted by Gasteiger charge is -2.27. The van der Waals surface area contributed by atoms with Crippen molar-refractivity contribution in [3.63, 3.8) is 0 Å². The third-order valence-electron chi connectivity index (χ3n) is 4.05. The van der Waals surface area contributed by atoms with E-state index in [1.165, 1.54) is 6.33 Å². The molecule has 28 heavy (non-hydrogen) atoms. The van der Waals surface area contributed by atoms with Crippen molar-refractivity contribution in [3.8, 4) is 22.8 Å². The molecule has 0 fully saturated rings. The average molecular weight is 378 g/mol. The van der Waals surface area contributed by atoms with Crippen molar-refractivity contribution < 1.29 is 4.79 Å². The van der Waals surface area contributed by atoms with Gasteiger partial charge in [0, 0.05) is 17.8 Å². The van der Waals surface area contributed by atoms with Crippen molar-refractivity contribution >= 4 is 17.5 Å². The molecule has 3 aromatic rings. The molecule has 0 radical (unpaired) electrons. The van der Waals surface area contributed by atoms with Crippen LogP contribution in [0.2, 0.25) is 0 Å². The second-order valence-electron chi connectivity index (χ2n) is 5.99. The van der Waals surface area contributed by atoms with Crippen molar-refractivity contribution in [1.29, 1.82) is 0 Å². The normalized spacial score (nSPS) is 12.5. The largest absolute Gasteiger partial charge is 0.358 e. The Morgan fingerprint density at radius 1 is 1.25 bits per heavy atom. The minimum absolute atomic E-state index is 0.0167. The van der Waals surface area contributed by atoms with Gasteiger partial charge in [0.2, 0.25) is 5.91 Å². The fourth-order valence-corrected chi connectivity index (χ4v) is 2.81. The molecule has 4 rings (SSSR count). The van der Waals surface area contributed by atoms with E-state index >= 15 is 0 Å². The molecule has 144 valence electrons. The van der Waals surface area contributed by atoms with E-state index in [1.54, 1.807) is 17.2 Å². The van der Waals surface area contributed by atoms with Crippen LogP contribution in [0.5, 0.6) is 0 Å². The number of likely N-dealkylation sites (N-methyl/N-ethyl adjacent to an activating group) is 1. The fourth-order valence-electron chi connectivity index (χ4n) is 2.81. The van der Waals surface area contributed by atoms with Crippen LogP contribution in [0.15, 0.2) is 37.3 Å². The first-order chi connectivity index (χ1) is 13.6. The summed E-state index contributed by atoms with van der Waals surface area (Å²) in [6, 6.07) is 3.77.